The summed E-state index contributed by atoms with van der Waals surface area (Å²) in [5.41, 5.74) is 2.95. The van der Waals surface area contributed by atoms with Gasteiger partial charge in [-0.15, -0.1) is 0 Å². The smallest absolute Gasteiger partial charge is 0.308 e. The summed E-state index contributed by atoms with van der Waals surface area (Å²) < 4.78 is 5.23. The number of allylic oxidation sites excluding steroid dienone is 1. The Bertz CT molecular complexity index is 796. The lowest BCUT2D eigenvalue weighted by molar-refractivity contribution is -0.142. The van der Waals surface area contributed by atoms with Crippen molar-refractivity contribution in [3.8, 4) is 0 Å². The molecule has 0 saturated heterocycles. The number of hydrogen-bond acceptors (Lipinski definition) is 4. The van der Waals surface area contributed by atoms with E-state index in [4.69, 9.17) is 4.74 Å². The second-order valence-corrected chi connectivity index (χ2v) is 6.51. The molecule has 28 heavy (non-hydrogen) atoms. The van der Waals surface area contributed by atoms with Gasteiger partial charge in [0.05, 0.1) is 0 Å². The molecule has 146 valence electrons. The Kier molecular flexibility index (Phi) is 8.15. The highest BCUT2D eigenvalue weighted by molar-refractivity contribution is 6.03. The van der Waals surface area contributed by atoms with Crippen LogP contribution >= 0.6 is 0 Å². The summed E-state index contributed by atoms with van der Waals surface area (Å²) in [4.78, 5) is 35.4. The van der Waals surface area contributed by atoms with E-state index in [0.29, 0.717) is 31.3 Å². The first kappa shape index (κ1) is 21.1. The van der Waals surface area contributed by atoms with Crippen molar-refractivity contribution in [2.45, 2.75) is 39.5 Å². The summed E-state index contributed by atoms with van der Waals surface area (Å²) in [5, 5.41) is 2.21. The molecule has 0 fully saturated rings. The average molecular weight is 379 g/mol. The van der Waals surface area contributed by atoms with Gasteiger partial charge in [0.15, 0.2) is 5.76 Å². The maximum Gasteiger partial charge on any atom is 0.308 e. The number of carbonyl (C=O) groups is 3. The predicted octanol–water partition coefficient (Wildman–Crippen LogP) is 3.73. The van der Waals surface area contributed by atoms with Crippen LogP contribution < -0.4 is 5.32 Å². The number of amides is 2. The average Bonchev–Trinajstić information content (AvgIpc) is 2.67. The van der Waals surface area contributed by atoms with Crippen molar-refractivity contribution in [2.24, 2.45) is 0 Å². The number of carbonyl (C=O) groups excluding carboxylic acids is 3. The largest absolute Gasteiger partial charge is 0.421 e. The second kappa shape index (κ2) is 10.8. The van der Waals surface area contributed by atoms with Crippen LogP contribution in [0.3, 0.4) is 0 Å². The standard InChI is InChI=1S/C23H25NO4/c1-17(25)24-23(27)22(28-18(2)26)21(15-13-19-9-5-3-6-10-19)16-14-20-11-7-4-8-12-20/h3-12H,13-16H2,1-2H3,(H,24,25,27). The maximum absolute atomic E-state index is 12.5. The molecule has 1 N–H and O–H groups in total. The van der Waals surface area contributed by atoms with Gasteiger partial charge in [0.2, 0.25) is 5.91 Å². The predicted molar refractivity (Wildman–Crippen MR) is 107 cm³/mol. The Morgan fingerprint density at radius 3 is 1.64 bits per heavy atom. The first-order chi connectivity index (χ1) is 13.5. The summed E-state index contributed by atoms with van der Waals surface area (Å²) in [6, 6.07) is 19.8. The molecule has 0 atom stereocenters. The number of benzene rings is 2. The van der Waals surface area contributed by atoms with E-state index in [1.165, 1.54) is 13.8 Å². The monoisotopic (exact) mass is 379 g/mol. The zero-order valence-corrected chi connectivity index (χ0v) is 16.2. The molecule has 0 saturated carbocycles. The lowest BCUT2D eigenvalue weighted by atomic mass is 9.97. The van der Waals surface area contributed by atoms with Gasteiger partial charge in [-0.05, 0) is 42.4 Å². The molecule has 0 unspecified atom stereocenters. The number of imide groups is 1. The number of nitrogens with one attached hydrogen (secondary N) is 1. The van der Waals surface area contributed by atoms with E-state index in [1.807, 2.05) is 60.7 Å². The molecule has 2 rings (SSSR count). The summed E-state index contributed by atoms with van der Waals surface area (Å²) in [5.74, 6) is -1.85. The van der Waals surface area contributed by atoms with Gasteiger partial charge in [-0.2, -0.15) is 0 Å². The van der Waals surface area contributed by atoms with Crippen LogP contribution in [0.1, 0.15) is 37.8 Å². The molecule has 5 nitrogen and oxygen atoms in total. The Balaban J connectivity index is 2.29. The minimum atomic E-state index is -0.682. The number of esters is 1. The van der Waals surface area contributed by atoms with Crippen LogP contribution in [-0.2, 0) is 32.0 Å². The van der Waals surface area contributed by atoms with Crippen LogP contribution in [0, 0.1) is 0 Å². The van der Waals surface area contributed by atoms with Crippen molar-refractivity contribution in [3.05, 3.63) is 83.1 Å². The van der Waals surface area contributed by atoms with Gasteiger partial charge in [-0.25, -0.2) is 0 Å². The van der Waals surface area contributed by atoms with Crippen LogP contribution in [0.5, 0.6) is 0 Å². The second-order valence-electron chi connectivity index (χ2n) is 6.51. The number of rotatable bonds is 8. The third kappa shape index (κ3) is 7.19. The number of ether oxygens (including phenoxy) is 1. The molecular weight excluding hydrogens is 354 g/mol. The zero-order valence-electron chi connectivity index (χ0n) is 16.2. The van der Waals surface area contributed by atoms with Crippen LogP contribution in [0.25, 0.3) is 0 Å². The van der Waals surface area contributed by atoms with E-state index in [2.05, 4.69) is 5.32 Å². The lowest BCUT2D eigenvalue weighted by Crippen LogP contribution is -2.31. The molecule has 5 heteroatoms. The van der Waals surface area contributed by atoms with Crippen LogP contribution in [0.2, 0.25) is 0 Å². The van der Waals surface area contributed by atoms with Gasteiger partial charge >= 0.3 is 5.97 Å². The van der Waals surface area contributed by atoms with Gasteiger partial charge < -0.3 is 4.74 Å². The van der Waals surface area contributed by atoms with Crippen molar-refractivity contribution in [2.75, 3.05) is 0 Å². The molecule has 0 aromatic heterocycles. The maximum atomic E-state index is 12.5. The fourth-order valence-corrected chi connectivity index (χ4v) is 2.87. The third-order valence-electron chi connectivity index (χ3n) is 4.18. The van der Waals surface area contributed by atoms with Crippen molar-refractivity contribution in [1.29, 1.82) is 0 Å². The van der Waals surface area contributed by atoms with E-state index in [1.54, 1.807) is 0 Å². The SMILES string of the molecule is CC(=O)NC(=O)C(OC(C)=O)=C(CCc1ccccc1)CCc1ccccc1. The summed E-state index contributed by atoms with van der Waals surface area (Å²) in [7, 11) is 0. The van der Waals surface area contributed by atoms with Crippen molar-refractivity contribution in [3.63, 3.8) is 0 Å². The summed E-state index contributed by atoms with van der Waals surface area (Å²) in [6.07, 6.45) is 2.49. The minimum Gasteiger partial charge on any atom is -0.421 e. The summed E-state index contributed by atoms with van der Waals surface area (Å²) in [6.45, 7) is 2.49. The third-order valence-corrected chi connectivity index (χ3v) is 4.18. The minimum absolute atomic E-state index is 0.0745. The van der Waals surface area contributed by atoms with E-state index < -0.39 is 17.8 Å². The van der Waals surface area contributed by atoms with Gasteiger partial charge in [0, 0.05) is 13.8 Å². The molecule has 0 bridgehead atoms. The fourth-order valence-electron chi connectivity index (χ4n) is 2.87. The Labute approximate surface area is 165 Å². The van der Waals surface area contributed by atoms with Crippen LogP contribution in [-0.4, -0.2) is 17.8 Å². The zero-order chi connectivity index (χ0) is 20.4. The van der Waals surface area contributed by atoms with Gasteiger partial charge in [-0.3, -0.25) is 19.7 Å². The molecule has 0 aliphatic rings. The van der Waals surface area contributed by atoms with Gasteiger partial charge in [0.25, 0.3) is 5.91 Å². The molecular formula is C23H25NO4. The van der Waals surface area contributed by atoms with Crippen molar-refractivity contribution in [1.82, 2.24) is 5.32 Å². The first-order valence-electron chi connectivity index (χ1n) is 9.26. The molecule has 0 aliphatic heterocycles. The van der Waals surface area contributed by atoms with Crippen LogP contribution in [0.4, 0.5) is 0 Å². The molecule has 0 spiro atoms. The highest BCUT2D eigenvalue weighted by Crippen LogP contribution is 2.21. The lowest BCUT2D eigenvalue weighted by Gasteiger charge is -2.15. The first-order valence-corrected chi connectivity index (χ1v) is 9.26. The normalized spacial score (nSPS) is 10.1. The van der Waals surface area contributed by atoms with Crippen LogP contribution in [0.15, 0.2) is 72.0 Å². The van der Waals surface area contributed by atoms with Gasteiger partial charge in [0.1, 0.15) is 0 Å². The fraction of sp³-hybridized carbons (Fsp3) is 0.261. The molecule has 2 aromatic rings. The topological polar surface area (TPSA) is 72.5 Å². The van der Waals surface area contributed by atoms with Gasteiger partial charge in [-0.1, -0.05) is 60.7 Å². The Morgan fingerprint density at radius 1 is 0.786 bits per heavy atom. The molecule has 0 aliphatic carbocycles. The van der Waals surface area contributed by atoms with Crippen molar-refractivity contribution < 1.29 is 19.1 Å². The molecule has 2 aromatic carbocycles. The van der Waals surface area contributed by atoms with E-state index in [0.717, 1.165) is 11.1 Å². The Morgan fingerprint density at radius 2 is 1.25 bits per heavy atom. The Hall–Kier alpha value is -3.21. The summed E-state index contributed by atoms with van der Waals surface area (Å²) >= 11 is 0. The van der Waals surface area contributed by atoms with Crippen molar-refractivity contribution >= 4 is 17.8 Å². The van der Waals surface area contributed by atoms with E-state index in [9.17, 15) is 14.4 Å². The number of aryl methyl sites for hydroxylation is 2. The molecule has 2 amide bonds. The van der Waals surface area contributed by atoms with E-state index in [-0.39, 0.29) is 5.76 Å². The molecule has 0 radical (unpaired) electrons. The highest BCUT2D eigenvalue weighted by Gasteiger charge is 2.20. The van der Waals surface area contributed by atoms with E-state index >= 15 is 0 Å². The molecule has 0 heterocycles. The number of hydrogen-bond donors (Lipinski definition) is 1. The highest BCUT2D eigenvalue weighted by atomic mass is 16.5. The quantitative estimate of drug-likeness (QED) is 0.431.